The molecule has 1 amide bonds. The van der Waals surface area contributed by atoms with Crippen molar-refractivity contribution >= 4 is 34.2 Å². The molecule has 0 unspecified atom stereocenters. The maximum absolute atomic E-state index is 12.3. The zero-order valence-electron chi connectivity index (χ0n) is 11.7. The van der Waals surface area contributed by atoms with Crippen LogP contribution in [0.15, 0.2) is 48.5 Å². The molecule has 1 heterocycles. The summed E-state index contributed by atoms with van der Waals surface area (Å²) in [5.74, 6) is 0.156. The lowest BCUT2D eigenvalue weighted by Gasteiger charge is -2.29. The van der Waals surface area contributed by atoms with Gasteiger partial charge in [0.1, 0.15) is 0 Å². The van der Waals surface area contributed by atoms with Crippen LogP contribution in [0.2, 0.25) is 0 Å². The summed E-state index contributed by atoms with van der Waals surface area (Å²) in [4.78, 5) is 14.2. The lowest BCUT2D eigenvalue weighted by molar-refractivity contribution is -0.130. The number of carbonyl (C=O) groups is 1. The molecule has 3 rings (SSSR count). The van der Waals surface area contributed by atoms with Gasteiger partial charge in [-0.25, -0.2) is 0 Å². The summed E-state index contributed by atoms with van der Waals surface area (Å²) in [6.07, 6.45) is 0.950. The predicted molar refractivity (Wildman–Crippen MR) is 93.2 cm³/mol. The fourth-order valence-corrected chi connectivity index (χ4v) is 2.93. The second-order valence-electron chi connectivity index (χ2n) is 5.19. The van der Waals surface area contributed by atoms with Crippen molar-refractivity contribution in [3.05, 3.63) is 63.2 Å². The Hall–Kier alpha value is -1.56. The van der Waals surface area contributed by atoms with Gasteiger partial charge in [-0.1, -0.05) is 24.3 Å². The van der Waals surface area contributed by atoms with Crippen LogP contribution in [0.3, 0.4) is 0 Å². The predicted octanol–water partition coefficient (Wildman–Crippen LogP) is 3.29. The Balaban J connectivity index is 1.58. The summed E-state index contributed by atoms with van der Waals surface area (Å²) < 4.78 is 1.19. The highest BCUT2D eigenvalue weighted by molar-refractivity contribution is 14.1. The zero-order valence-corrected chi connectivity index (χ0v) is 13.8. The van der Waals surface area contributed by atoms with Crippen molar-refractivity contribution in [1.82, 2.24) is 4.90 Å². The van der Waals surface area contributed by atoms with E-state index in [1.54, 1.807) is 0 Å². The van der Waals surface area contributed by atoms with Gasteiger partial charge in [0.2, 0.25) is 5.91 Å². The summed E-state index contributed by atoms with van der Waals surface area (Å²) in [6.45, 7) is 1.89. The first kappa shape index (κ1) is 14.4. The van der Waals surface area contributed by atoms with Gasteiger partial charge >= 0.3 is 0 Å². The van der Waals surface area contributed by atoms with E-state index in [0.29, 0.717) is 6.54 Å². The van der Waals surface area contributed by atoms with Crippen LogP contribution in [0, 0.1) is 3.57 Å². The number of anilines is 1. The Morgan fingerprint density at radius 3 is 2.57 bits per heavy atom. The van der Waals surface area contributed by atoms with Gasteiger partial charge in [-0.3, -0.25) is 4.79 Å². The molecule has 2 aromatic rings. The summed E-state index contributed by atoms with van der Waals surface area (Å²) in [7, 11) is 0. The monoisotopic (exact) mass is 392 g/mol. The normalized spacial score (nSPS) is 13.7. The summed E-state index contributed by atoms with van der Waals surface area (Å²) in [6, 6.07) is 16.4. The molecule has 0 bridgehead atoms. The van der Waals surface area contributed by atoms with Crippen molar-refractivity contribution in [1.29, 1.82) is 0 Å². The summed E-state index contributed by atoms with van der Waals surface area (Å²) in [5, 5.41) is 3.20. The largest absolute Gasteiger partial charge is 0.376 e. The second-order valence-corrected chi connectivity index (χ2v) is 6.44. The van der Waals surface area contributed by atoms with Gasteiger partial charge in [0.15, 0.2) is 0 Å². The van der Waals surface area contributed by atoms with E-state index in [2.05, 4.69) is 46.1 Å². The van der Waals surface area contributed by atoms with E-state index in [1.165, 1.54) is 14.7 Å². The number of rotatable bonds is 3. The molecule has 0 saturated heterocycles. The molecule has 1 N–H and O–H groups in total. The molecule has 21 heavy (non-hydrogen) atoms. The molecule has 0 fully saturated rings. The van der Waals surface area contributed by atoms with E-state index in [4.69, 9.17) is 0 Å². The molecular weight excluding hydrogens is 375 g/mol. The van der Waals surface area contributed by atoms with E-state index < -0.39 is 0 Å². The van der Waals surface area contributed by atoms with Crippen LogP contribution < -0.4 is 5.32 Å². The minimum atomic E-state index is 0.156. The SMILES string of the molecule is O=C(CNc1ccc(I)cc1)N1CCc2ccccc2C1. The molecule has 1 aliphatic rings. The topological polar surface area (TPSA) is 32.3 Å². The van der Waals surface area contributed by atoms with Crippen LogP contribution in [0.1, 0.15) is 11.1 Å². The van der Waals surface area contributed by atoms with Gasteiger partial charge in [0, 0.05) is 22.3 Å². The number of fused-ring (bicyclic) bond motifs is 1. The highest BCUT2D eigenvalue weighted by Crippen LogP contribution is 2.18. The molecule has 4 heteroatoms. The van der Waals surface area contributed by atoms with Gasteiger partial charge in [0.05, 0.1) is 6.54 Å². The van der Waals surface area contributed by atoms with Gasteiger partial charge < -0.3 is 10.2 Å². The number of carbonyl (C=O) groups excluding carboxylic acids is 1. The van der Waals surface area contributed by atoms with E-state index in [1.807, 2.05) is 35.2 Å². The Bertz CT molecular complexity index is 639. The fourth-order valence-electron chi connectivity index (χ4n) is 2.57. The lowest BCUT2D eigenvalue weighted by Crippen LogP contribution is -2.39. The summed E-state index contributed by atoms with van der Waals surface area (Å²) in [5.41, 5.74) is 3.62. The molecule has 0 atom stereocenters. The molecule has 0 saturated carbocycles. The van der Waals surface area contributed by atoms with E-state index >= 15 is 0 Å². The third-order valence-electron chi connectivity index (χ3n) is 3.77. The minimum absolute atomic E-state index is 0.156. The van der Waals surface area contributed by atoms with E-state index in [-0.39, 0.29) is 5.91 Å². The molecular formula is C17H17IN2O. The van der Waals surface area contributed by atoms with Crippen LogP contribution in [0.25, 0.3) is 0 Å². The van der Waals surface area contributed by atoms with Crippen molar-refractivity contribution in [3.63, 3.8) is 0 Å². The molecule has 0 radical (unpaired) electrons. The number of benzene rings is 2. The maximum atomic E-state index is 12.3. The highest BCUT2D eigenvalue weighted by atomic mass is 127. The van der Waals surface area contributed by atoms with Gasteiger partial charge in [-0.05, 0) is 64.4 Å². The smallest absolute Gasteiger partial charge is 0.242 e. The van der Waals surface area contributed by atoms with Crippen molar-refractivity contribution in [2.45, 2.75) is 13.0 Å². The zero-order chi connectivity index (χ0) is 14.7. The Kier molecular flexibility index (Phi) is 4.43. The lowest BCUT2D eigenvalue weighted by atomic mass is 10.00. The van der Waals surface area contributed by atoms with E-state index in [0.717, 1.165) is 25.2 Å². The standard InChI is InChI=1S/C17H17IN2O/c18-15-5-7-16(8-6-15)19-11-17(21)20-10-9-13-3-1-2-4-14(13)12-20/h1-8,19H,9-12H2. The first-order valence-electron chi connectivity index (χ1n) is 7.06. The molecule has 1 aliphatic heterocycles. The first-order chi connectivity index (χ1) is 10.2. The Morgan fingerprint density at radius 2 is 1.81 bits per heavy atom. The third kappa shape index (κ3) is 3.56. The third-order valence-corrected chi connectivity index (χ3v) is 4.49. The molecule has 0 spiro atoms. The molecule has 2 aromatic carbocycles. The van der Waals surface area contributed by atoms with Crippen LogP contribution in [0.5, 0.6) is 0 Å². The van der Waals surface area contributed by atoms with E-state index in [9.17, 15) is 4.79 Å². The Labute approximate surface area is 138 Å². The van der Waals surface area contributed by atoms with Crippen LogP contribution in [-0.2, 0) is 17.8 Å². The number of halogens is 1. The van der Waals surface area contributed by atoms with Crippen molar-refractivity contribution in [2.24, 2.45) is 0 Å². The number of hydrogen-bond acceptors (Lipinski definition) is 2. The summed E-state index contributed by atoms with van der Waals surface area (Å²) >= 11 is 2.27. The second kappa shape index (κ2) is 6.47. The molecule has 3 nitrogen and oxygen atoms in total. The number of amides is 1. The minimum Gasteiger partial charge on any atom is -0.376 e. The Morgan fingerprint density at radius 1 is 1.10 bits per heavy atom. The van der Waals surface area contributed by atoms with Gasteiger partial charge in [0.25, 0.3) is 0 Å². The quantitative estimate of drug-likeness (QED) is 0.814. The molecule has 0 aliphatic carbocycles. The van der Waals surface area contributed by atoms with Crippen molar-refractivity contribution in [3.8, 4) is 0 Å². The fraction of sp³-hybridized carbons (Fsp3) is 0.235. The number of nitrogens with zero attached hydrogens (tertiary/aromatic N) is 1. The van der Waals surface area contributed by atoms with Crippen molar-refractivity contribution in [2.75, 3.05) is 18.4 Å². The maximum Gasteiger partial charge on any atom is 0.242 e. The molecule has 108 valence electrons. The number of nitrogens with one attached hydrogen (secondary N) is 1. The average molecular weight is 392 g/mol. The van der Waals surface area contributed by atoms with Crippen LogP contribution >= 0.6 is 22.6 Å². The highest BCUT2D eigenvalue weighted by Gasteiger charge is 2.19. The number of hydrogen-bond donors (Lipinski definition) is 1. The van der Waals surface area contributed by atoms with Gasteiger partial charge in [-0.2, -0.15) is 0 Å². The van der Waals surface area contributed by atoms with Gasteiger partial charge in [-0.15, -0.1) is 0 Å². The average Bonchev–Trinajstić information content (AvgIpc) is 2.53. The van der Waals surface area contributed by atoms with Crippen LogP contribution in [0.4, 0.5) is 5.69 Å². The first-order valence-corrected chi connectivity index (χ1v) is 8.14. The van der Waals surface area contributed by atoms with Crippen molar-refractivity contribution < 1.29 is 4.79 Å². The molecule has 0 aromatic heterocycles. The van der Waals surface area contributed by atoms with Crippen LogP contribution in [-0.4, -0.2) is 23.9 Å².